The van der Waals surface area contributed by atoms with Crippen molar-refractivity contribution >= 4 is 17.7 Å². The predicted octanol–water partition coefficient (Wildman–Crippen LogP) is 2.25. The molecule has 1 heterocycles. The number of carbonyl (C=O) groups excluding carboxylic acids is 2. The zero-order valence-electron chi connectivity index (χ0n) is 13.8. The molecule has 9 heteroatoms. The molecule has 138 valence electrons. The maximum absolute atomic E-state index is 13.5. The number of halogens is 3. The maximum Gasteiger partial charge on any atom is 0.409 e. The number of benzene rings is 1. The molecule has 0 unspecified atom stereocenters. The molecule has 1 aliphatic rings. The van der Waals surface area contributed by atoms with E-state index in [4.69, 9.17) is 4.74 Å². The zero-order chi connectivity index (χ0) is 18.4. The van der Waals surface area contributed by atoms with E-state index < -0.39 is 23.4 Å². The summed E-state index contributed by atoms with van der Waals surface area (Å²) in [5, 5.41) is 5.19. The molecular formula is C16H20F3N3O3. The molecule has 0 aliphatic carbocycles. The summed E-state index contributed by atoms with van der Waals surface area (Å²) in [6, 6.07) is 1.69. The standard InChI is InChI=1S/C16H20F3N3O3/c1-2-25-16(24)22-7-5-10(6-8-22)21-13(23)9-20-12-4-3-11(17)14(18)15(12)19/h3-4,10,20H,2,5-9H2,1H3,(H,21,23). The summed E-state index contributed by atoms with van der Waals surface area (Å²) in [4.78, 5) is 25.1. The SMILES string of the molecule is CCOC(=O)N1CCC(NC(=O)CNc2ccc(F)c(F)c2F)CC1. The fraction of sp³-hybridized carbons (Fsp3) is 0.500. The summed E-state index contributed by atoms with van der Waals surface area (Å²) >= 11 is 0. The number of nitrogens with zero attached hydrogens (tertiary/aromatic N) is 1. The van der Waals surface area contributed by atoms with Crippen LogP contribution in [0.15, 0.2) is 12.1 Å². The first-order chi connectivity index (χ1) is 11.9. The first-order valence-corrected chi connectivity index (χ1v) is 8.00. The number of nitrogens with one attached hydrogen (secondary N) is 2. The number of hydrogen-bond donors (Lipinski definition) is 2. The lowest BCUT2D eigenvalue weighted by molar-refractivity contribution is -0.120. The van der Waals surface area contributed by atoms with E-state index in [1.807, 2.05) is 0 Å². The number of rotatable bonds is 5. The lowest BCUT2D eigenvalue weighted by atomic mass is 10.1. The van der Waals surface area contributed by atoms with E-state index in [1.54, 1.807) is 11.8 Å². The second kappa shape index (κ2) is 8.59. The van der Waals surface area contributed by atoms with Gasteiger partial charge in [0.25, 0.3) is 0 Å². The Labute approximate surface area is 143 Å². The summed E-state index contributed by atoms with van der Waals surface area (Å²) < 4.78 is 44.4. The van der Waals surface area contributed by atoms with Crippen LogP contribution in [-0.2, 0) is 9.53 Å². The summed E-state index contributed by atoms with van der Waals surface area (Å²) in [7, 11) is 0. The Morgan fingerprint density at radius 2 is 1.88 bits per heavy atom. The highest BCUT2D eigenvalue weighted by Crippen LogP contribution is 2.19. The van der Waals surface area contributed by atoms with E-state index in [2.05, 4.69) is 10.6 Å². The van der Waals surface area contributed by atoms with Crippen molar-refractivity contribution in [2.75, 3.05) is 31.6 Å². The van der Waals surface area contributed by atoms with Crippen molar-refractivity contribution in [3.63, 3.8) is 0 Å². The molecule has 25 heavy (non-hydrogen) atoms. The predicted molar refractivity (Wildman–Crippen MR) is 84.6 cm³/mol. The molecule has 2 rings (SSSR count). The summed E-state index contributed by atoms with van der Waals surface area (Å²) in [6.45, 7) is 2.69. The molecule has 1 aliphatic heterocycles. The van der Waals surface area contributed by atoms with E-state index >= 15 is 0 Å². The van der Waals surface area contributed by atoms with Crippen LogP contribution >= 0.6 is 0 Å². The maximum atomic E-state index is 13.5. The van der Waals surface area contributed by atoms with Crippen molar-refractivity contribution in [2.45, 2.75) is 25.8 Å². The molecular weight excluding hydrogens is 339 g/mol. The minimum Gasteiger partial charge on any atom is -0.450 e. The third-order valence-electron chi connectivity index (χ3n) is 3.86. The van der Waals surface area contributed by atoms with Gasteiger partial charge in [-0.3, -0.25) is 4.79 Å². The molecule has 0 saturated carbocycles. The Hall–Kier alpha value is -2.45. The number of anilines is 1. The Kier molecular flexibility index (Phi) is 6.49. The first-order valence-electron chi connectivity index (χ1n) is 8.00. The monoisotopic (exact) mass is 359 g/mol. The van der Waals surface area contributed by atoms with Crippen LogP contribution in [0.1, 0.15) is 19.8 Å². The smallest absolute Gasteiger partial charge is 0.409 e. The topological polar surface area (TPSA) is 70.7 Å². The fourth-order valence-electron chi connectivity index (χ4n) is 2.54. The van der Waals surface area contributed by atoms with Crippen molar-refractivity contribution in [1.82, 2.24) is 10.2 Å². The third kappa shape index (κ3) is 5.01. The number of carbonyl (C=O) groups is 2. The van der Waals surface area contributed by atoms with Gasteiger partial charge in [-0.15, -0.1) is 0 Å². The van der Waals surface area contributed by atoms with E-state index in [0.29, 0.717) is 32.5 Å². The Morgan fingerprint density at radius 3 is 2.52 bits per heavy atom. The van der Waals surface area contributed by atoms with Gasteiger partial charge in [0.1, 0.15) is 0 Å². The molecule has 0 bridgehead atoms. The van der Waals surface area contributed by atoms with Crippen LogP contribution in [0.25, 0.3) is 0 Å². The molecule has 1 aromatic rings. The highest BCUT2D eigenvalue weighted by atomic mass is 19.2. The molecule has 1 saturated heterocycles. The minimum absolute atomic E-state index is 0.116. The average Bonchev–Trinajstić information content (AvgIpc) is 2.60. The van der Waals surface area contributed by atoms with Crippen molar-refractivity contribution in [3.05, 3.63) is 29.6 Å². The van der Waals surface area contributed by atoms with Crippen molar-refractivity contribution in [3.8, 4) is 0 Å². The van der Waals surface area contributed by atoms with Crippen LogP contribution in [0.3, 0.4) is 0 Å². The van der Waals surface area contributed by atoms with Crippen molar-refractivity contribution < 1.29 is 27.5 Å². The summed E-state index contributed by atoms with van der Waals surface area (Å²) in [6.07, 6.45) is 0.775. The van der Waals surface area contributed by atoms with Crippen molar-refractivity contribution in [2.24, 2.45) is 0 Å². The molecule has 2 N–H and O–H groups in total. The van der Waals surface area contributed by atoms with Crippen LogP contribution in [0.4, 0.5) is 23.7 Å². The first kappa shape index (κ1) is 18.9. The van der Waals surface area contributed by atoms with Gasteiger partial charge in [-0.25, -0.2) is 18.0 Å². The van der Waals surface area contributed by atoms with Crippen LogP contribution in [0.2, 0.25) is 0 Å². The van der Waals surface area contributed by atoms with Crippen LogP contribution < -0.4 is 10.6 Å². The molecule has 0 radical (unpaired) electrons. The lowest BCUT2D eigenvalue weighted by Crippen LogP contribution is -2.47. The molecule has 2 amide bonds. The number of ether oxygens (including phenoxy) is 1. The Balaban J connectivity index is 1.76. The largest absolute Gasteiger partial charge is 0.450 e. The van der Waals surface area contributed by atoms with E-state index in [1.165, 1.54) is 0 Å². The van der Waals surface area contributed by atoms with Gasteiger partial charge in [0, 0.05) is 19.1 Å². The second-order valence-corrected chi connectivity index (χ2v) is 5.60. The van der Waals surface area contributed by atoms with Crippen LogP contribution in [0, 0.1) is 17.5 Å². The van der Waals surface area contributed by atoms with Gasteiger partial charge in [0.05, 0.1) is 18.8 Å². The highest BCUT2D eigenvalue weighted by molar-refractivity contribution is 5.81. The normalized spacial score (nSPS) is 15.0. The van der Waals surface area contributed by atoms with Gasteiger partial charge in [-0.05, 0) is 31.9 Å². The molecule has 6 nitrogen and oxygen atoms in total. The average molecular weight is 359 g/mol. The Morgan fingerprint density at radius 1 is 1.20 bits per heavy atom. The number of hydrogen-bond acceptors (Lipinski definition) is 4. The van der Waals surface area contributed by atoms with E-state index in [0.717, 1.165) is 12.1 Å². The lowest BCUT2D eigenvalue weighted by Gasteiger charge is -2.31. The van der Waals surface area contributed by atoms with E-state index in [-0.39, 0.29) is 24.4 Å². The molecule has 1 fully saturated rings. The summed E-state index contributed by atoms with van der Waals surface area (Å²) in [5.41, 5.74) is -0.286. The number of piperidine rings is 1. The quantitative estimate of drug-likeness (QED) is 0.791. The molecule has 1 aromatic carbocycles. The highest BCUT2D eigenvalue weighted by Gasteiger charge is 2.24. The van der Waals surface area contributed by atoms with Gasteiger partial charge < -0.3 is 20.3 Å². The third-order valence-corrected chi connectivity index (χ3v) is 3.86. The van der Waals surface area contributed by atoms with Crippen LogP contribution in [-0.4, -0.2) is 49.2 Å². The minimum atomic E-state index is -1.59. The van der Waals surface area contributed by atoms with E-state index in [9.17, 15) is 22.8 Å². The summed E-state index contributed by atoms with van der Waals surface area (Å²) in [5.74, 6) is -4.65. The van der Waals surface area contributed by atoms with Gasteiger partial charge in [-0.2, -0.15) is 0 Å². The fourth-order valence-corrected chi connectivity index (χ4v) is 2.54. The molecule has 0 spiro atoms. The molecule has 0 atom stereocenters. The molecule has 0 aromatic heterocycles. The van der Waals surface area contributed by atoms with Gasteiger partial charge in [0.15, 0.2) is 17.5 Å². The Bertz CT molecular complexity index is 635. The van der Waals surface area contributed by atoms with Gasteiger partial charge >= 0.3 is 6.09 Å². The second-order valence-electron chi connectivity index (χ2n) is 5.60. The van der Waals surface area contributed by atoms with Crippen LogP contribution in [0.5, 0.6) is 0 Å². The zero-order valence-corrected chi connectivity index (χ0v) is 13.8. The number of amides is 2. The number of likely N-dealkylation sites (tertiary alicyclic amines) is 1. The van der Waals surface area contributed by atoms with Gasteiger partial charge in [-0.1, -0.05) is 0 Å². The van der Waals surface area contributed by atoms with Crippen molar-refractivity contribution in [1.29, 1.82) is 0 Å². The van der Waals surface area contributed by atoms with Gasteiger partial charge in [0.2, 0.25) is 5.91 Å².